The summed E-state index contributed by atoms with van der Waals surface area (Å²) in [6.45, 7) is 2.06. The van der Waals surface area contributed by atoms with Crippen LogP contribution in [-0.4, -0.2) is 15.8 Å². The molecule has 110 valence electrons. The number of aromatic nitrogens is 1. The summed E-state index contributed by atoms with van der Waals surface area (Å²) in [6, 6.07) is 15.0. The Hall–Kier alpha value is -2.36. The van der Waals surface area contributed by atoms with Crippen LogP contribution < -0.4 is 5.49 Å². The molecular formula is C17H20N2O2. The molecular weight excluding hydrogens is 264 g/mol. The molecule has 1 atom stereocenters. The molecule has 1 aromatic carbocycles. The number of hydrogen-bond acceptors (Lipinski definition) is 2. The predicted octanol–water partition coefficient (Wildman–Crippen LogP) is 2.81. The Morgan fingerprint density at radius 1 is 1.19 bits per heavy atom. The summed E-state index contributed by atoms with van der Waals surface area (Å²) in [7, 11) is 0. The number of carbonyl (C=O) groups excluding carboxylic acids is 1. The van der Waals surface area contributed by atoms with Gasteiger partial charge in [0.1, 0.15) is 0 Å². The second kappa shape index (κ2) is 7.43. The molecule has 0 spiro atoms. The minimum absolute atomic E-state index is 0.155. The molecule has 4 heteroatoms. The Kier molecular flexibility index (Phi) is 5.32. The highest BCUT2D eigenvalue weighted by molar-refractivity contribution is 5.79. The van der Waals surface area contributed by atoms with Gasteiger partial charge in [-0.15, -0.1) is 0 Å². The van der Waals surface area contributed by atoms with Crippen molar-refractivity contribution in [2.75, 3.05) is 0 Å². The lowest BCUT2D eigenvalue weighted by atomic mass is 9.94. The lowest BCUT2D eigenvalue weighted by Gasteiger charge is -2.12. The molecule has 0 saturated carbocycles. The van der Waals surface area contributed by atoms with Gasteiger partial charge < -0.3 is 5.21 Å². The van der Waals surface area contributed by atoms with Crippen molar-refractivity contribution < 1.29 is 10.0 Å². The SMILES string of the molecule is CCCC(Cc1ccccc1)C(=O)N=c1ccccn1O. The highest BCUT2D eigenvalue weighted by Gasteiger charge is 2.17. The van der Waals surface area contributed by atoms with Crippen molar-refractivity contribution in [3.63, 3.8) is 0 Å². The fourth-order valence-electron chi connectivity index (χ4n) is 2.28. The van der Waals surface area contributed by atoms with Gasteiger partial charge in [-0.3, -0.25) is 4.79 Å². The predicted molar refractivity (Wildman–Crippen MR) is 80.7 cm³/mol. The molecule has 0 aliphatic carbocycles. The summed E-state index contributed by atoms with van der Waals surface area (Å²) in [5, 5.41) is 9.63. The van der Waals surface area contributed by atoms with Crippen molar-refractivity contribution in [1.29, 1.82) is 0 Å². The normalized spacial score (nSPS) is 13.1. The van der Waals surface area contributed by atoms with Crippen LogP contribution in [0.1, 0.15) is 25.3 Å². The molecule has 2 rings (SSSR count). The summed E-state index contributed by atoms with van der Waals surface area (Å²) in [5.41, 5.74) is 1.39. The number of amides is 1. The topological polar surface area (TPSA) is 54.6 Å². The molecule has 0 saturated heterocycles. The Balaban J connectivity index is 2.20. The van der Waals surface area contributed by atoms with Gasteiger partial charge in [0, 0.05) is 12.1 Å². The van der Waals surface area contributed by atoms with Crippen LogP contribution in [0.5, 0.6) is 0 Å². The van der Waals surface area contributed by atoms with Crippen molar-refractivity contribution in [1.82, 2.24) is 4.73 Å². The van der Waals surface area contributed by atoms with E-state index in [0.717, 1.165) is 23.1 Å². The Morgan fingerprint density at radius 3 is 2.57 bits per heavy atom. The summed E-state index contributed by atoms with van der Waals surface area (Å²) in [6.07, 6.45) is 3.84. The third-order valence-corrected chi connectivity index (χ3v) is 3.35. The number of pyridine rings is 1. The highest BCUT2D eigenvalue weighted by atomic mass is 16.5. The number of hydrogen-bond donors (Lipinski definition) is 1. The first kappa shape index (κ1) is 15.0. The van der Waals surface area contributed by atoms with E-state index in [1.807, 2.05) is 30.3 Å². The van der Waals surface area contributed by atoms with Gasteiger partial charge in [0.2, 0.25) is 0 Å². The summed E-state index contributed by atoms with van der Waals surface area (Å²) in [4.78, 5) is 16.4. The van der Waals surface area contributed by atoms with E-state index < -0.39 is 0 Å². The monoisotopic (exact) mass is 284 g/mol. The molecule has 0 aliphatic heterocycles. The molecule has 0 fully saturated rings. The van der Waals surface area contributed by atoms with Crippen LogP contribution in [0.15, 0.2) is 59.7 Å². The molecule has 1 heterocycles. The fourth-order valence-corrected chi connectivity index (χ4v) is 2.28. The number of rotatable bonds is 5. The van der Waals surface area contributed by atoms with Gasteiger partial charge in [-0.2, -0.15) is 9.72 Å². The molecule has 1 unspecified atom stereocenters. The molecule has 4 nitrogen and oxygen atoms in total. The smallest absolute Gasteiger partial charge is 0.251 e. The summed E-state index contributed by atoms with van der Waals surface area (Å²) >= 11 is 0. The third kappa shape index (κ3) is 4.31. The first-order valence-corrected chi connectivity index (χ1v) is 7.20. The summed E-state index contributed by atoms with van der Waals surface area (Å²) in [5.74, 6) is -0.340. The van der Waals surface area contributed by atoms with E-state index in [4.69, 9.17) is 0 Å². The average molecular weight is 284 g/mol. The maximum absolute atomic E-state index is 12.4. The van der Waals surface area contributed by atoms with Gasteiger partial charge in [0.15, 0.2) is 5.49 Å². The van der Waals surface area contributed by atoms with Gasteiger partial charge in [-0.25, -0.2) is 0 Å². The Labute approximate surface area is 124 Å². The quantitative estimate of drug-likeness (QED) is 0.858. The number of carbonyl (C=O) groups is 1. The van der Waals surface area contributed by atoms with E-state index in [2.05, 4.69) is 11.9 Å². The number of nitrogens with zero attached hydrogens (tertiary/aromatic N) is 2. The lowest BCUT2D eigenvalue weighted by Crippen LogP contribution is -2.23. The minimum Gasteiger partial charge on any atom is -0.427 e. The van der Waals surface area contributed by atoms with Crippen molar-refractivity contribution >= 4 is 5.91 Å². The standard InChI is InChI=1S/C17H20N2O2/c1-2-8-15(13-14-9-4-3-5-10-14)17(20)18-16-11-6-7-12-19(16)21/h3-7,9-12,15,21H,2,8,13H2,1H3. The fraction of sp³-hybridized carbons (Fsp3) is 0.294. The van der Waals surface area contributed by atoms with Crippen LogP contribution in [0, 0.1) is 5.92 Å². The second-order valence-corrected chi connectivity index (χ2v) is 5.03. The first-order chi connectivity index (χ1) is 10.2. The van der Waals surface area contributed by atoms with Crippen molar-refractivity contribution in [3.8, 4) is 0 Å². The zero-order valence-electron chi connectivity index (χ0n) is 12.1. The van der Waals surface area contributed by atoms with Gasteiger partial charge in [-0.1, -0.05) is 49.7 Å². The first-order valence-electron chi connectivity index (χ1n) is 7.20. The Morgan fingerprint density at radius 2 is 1.90 bits per heavy atom. The molecule has 1 aromatic heterocycles. The molecule has 1 amide bonds. The molecule has 2 aromatic rings. The minimum atomic E-state index is -0.185. The largest absolute Gasteiger partial charge is 0.427 e. The van der Waals surface area contributed by atoms with Crippen LogP contribution in [0.25, 0.3) is 0 Å². The molecule has 0 radical (unpaired) electrons. The van der Waals surface area contributed by atoms with Crippen LogP contribution in [0.2, 0.25) is 0 Å². The maximum atomic E-state index is 12.4. The second-order valence-electron chi connectivity index (χ2n) is 5.03. The molecule has 21 heavy (non-hydrogen) atoms. The van der Waals surface area contributed by atoms with Gasteiger partial charge in [-0.05, 0) is 30.5 Å². The zero-order valence-corrected chi connectivity index (χ0v) is 12.1. The van der Waals surface area contributed by atoms with E-state index in [-0.39, 0.29) is 17.3 Å². The van der Waals surface area contributed by atoms with Gasteiger partial charge in [0.05, 0.1) is 0 Å². The lowest BCUT2D eigenvalue weighted by molar-refractivity contribution is -0.122. The molecule has 0 bridgehead atoms. The third-order valence-electron chi connectivity index (χ3n) is 3.35. The van der Waals surface area contributed by atoms with E-state index in [0.29, 0.717) is 6.42 Å². The van der Waals surface area contributed by atoms with Crippen LogP contribution in [0.3, 0.4) is 0 Å². The maximum Gasteiger partial charge on any atom is 0.251 e. The van der Waals surface area contributed by atoms with Crippen molar-refractivity contribution in [3.05, 3.63) is 65.8 Å². The Bertz CT molecular complexity index is 647. The van der Waals surface area contributed by atoms with Crippen molar-refractivity contribution in [2.45, 2.75) is 26.2 Å². The van der Waals surface area contributed by atoms with Crippen LogP contribution in [-0.2, 0) is 11.2 Å². The van der Waals surface area contributed by atoms with Gasteiger partial charge in [0.25, 0.3) is 5.91 Å². The number of benzene rings is 1. The average Bonchev–Trinajstić information content (AvgIpc) is 2.50. The van der Waals surface area contributed by atoms with Crippen LogP contribution in [0.4, 0.5) is 0 Å². The summed E-state index contributed by atoms with van der Waals surface area (Å²) < 4.78 is 0.865. The van der Waals surface area contributed by atoms with E-state index in [1.165, 1.54) is 6.20 Å². The van der Waals surface area contributed by atoms with E-state index in [9.17, 15) is 10.0 Å². The van der Waals surface area contributed by atoms with Crippen LogP contribution >= 0.6 is 0 Å². The molecule has 1 N–H and O–H groups in total. The van der Waals surface area contributed by atoms with E-state index >= 15 is 0 Å². The highest BCUT2D eigenvalue weighted by Crippen LogP contribution is 2.15. The molecule has 0 aliphatic rings. The van der Waals surface area contributed by atoms with Crippen molar-refractivity contribution in [2.24, 2.45) is 10.9 Å². The zero-order chi connectivity index (χ0) is 15.1. The van der Waals surface area contributed by atoms with Gasteiger partial charge >= 0.3 is 0 Å². The van der Waals surface area contributed by atoms with E-state index in [1.54, 1.807) is 18.2 Å².